The molecule has 192 valence electrons. The Morgan fingerprint density at radius 3 is 1.62 bits per heavy atom. The van der Waals surface area contributed by atoms with Gasteiger partial charge in [0.1, 0.15) is 0 Å². The summed E-state index contributed by atoms with van der Waals surface area (Å²) in [6, 6.07) is 52.3. The van der Waals surface area contributed by atoms with E-state index in [0.29, 0.717) is 0 Å². The molecular weight excluding hydrogens is 482 g/mol. The molecule has 1 N–H and O–H groups in total. The number of fused-ring (bicyclic) bond motifs is 3. The Balaban J connectivity index is 1.35. The van der Waals surface area contributed by atoms with E-state index in [-0.39, 0.29) is 5.41 Å². The van der Waals surface area contributed by atoms with Crippen LogP contribution in [-0.2, 0) is 5.41 Å². The Labute approximate surface area is 236 Å². The number of anilines is 2. The summed E-state index contributed by atoms with van der Waals surface area (Å²) in [7, 11) is 0. The molecule has 1 nitrogen and oxygen atoms in total. The SMILES string of the molecule is CC1(C)c2cc(-c3ccccc3)cc(-c3ccccc3)c2-c2cccc(Nc3ccc(-c4ccccc4)cc3)c21. The number of hydrogen-bond acceptors (Lipinski definition) is 1. The van der Waals surface area contributed by atoms with Crippen LogP contribution in [0.3, 0.4) is 0 Å². The fraction of sp³-hybridized carbons (Fsp3) is 0.0769. The molecule has 7 rings (SSSR count). The summed E-state index contributed by atoms with van der Waals surface area (Å²) < 4.78 is 0. The fourth-order valence-electron chi connectivity index (χ4n) is 6.27. The molecule has 0 aromatic heterocycles. The summed E-state index contributed by atoms with van der Waals surface area (Å²) in [5.74, 6) is 0. The van der Waals surface area contributed by atoms with Gasteiger partial charge in [-0.1, -0.05) is 129 Å². The lowest BCUT2D eigenvalue weighted by atomic mass is 9.80. The van der Waals surface area contributed by atoms with E-state index in [1.165, 1.54) is 55.6 Å². The molecule has 0 aliphatic heterocycles. The van der Waals surface area contributed by atoms with Gasteiger partial charge in [0.2, 0.25) is 0 Å². The molecule has 0 saturated heterocycles. The van der Waals surface area contributed by atoms with Crippen LogP contribution in [0.4, 0.5) is 11.4 Å². The van der Waals surface area contributed by atoms with Crippen molar-refractivity contribution < 1.29 is 0 Å². The topological polar surface area (TPSA) is 12.0 Å². The zero-order valence-corrected chi connectivity index (χ0v) is 22.9. The largest absolute Gasteiger partial charge is 0.355 e. The molecule has 0 saturated carbocycles. The smallest absolute Gasteiger partial charge is 0.0431 e. The van der Waals surface area contributed by atoms with Crippen molar-refractivity contribution in [3.63, 3.8) is 0 Å². The summed E-state index contributed by atoms with van der Waals surface area (Å²) in [4.78, 5) is 0. The van der Waals surface area contributed by atoms with Gasteiger partial charge in [-0.15, -0.1) is 0 Å². The molecule has 0 atom stereocenters. The third kappa shape index (κ3) is 4.12. The first-order valence-corrected chi connectivity index (χ1v) is 14.0. The molecule has 0 fully saturated rings. The molecule has 0 spiro atoms. The predicted molar refractivity (Wildman–Crippen MR) is 170 cm³/mol. The predicted octanol–water partition coefficient (Wildman–Crippen LogP) is 10.7. The fourth-order valence-corrected chi connectivity index (χ4v) is 6.27. The van der Waals surface area contributed by atoms with Gasteiger partial charge < -0.3 is 5.32 Å². The van der Waals surface area contributed by atoms with Gasteiger partial charge in [0.25, 0.3) is 0 Å². The van der Waals surface area contributed by atoms with Crippen molar-refractivity contribution >= 4 is 11.4 Å². The molecule has 1 aliphatic carbocycles. The van der Waals surface area contributed by atoms with Crippen LogP contribution < -0.4 is 5.32 Å². The summed E-state index contributed by atoms with van der Waals surface area (Å²) in [5, 5.41) is 3.78. The van der Waals surface area contributed by atoms with E-state index in [4.69, 9.17) is 0 Å². The second kappa shape index (κ2) is 9.70. The molecule has 6 aromatic rings. The van der Waals surface area contributed by atoms with Crippen molar-refractivity contribution in [2.24, 2.45) is 0 Å². The molecule has 40 heavy (non-hydrogen) atoms. The number of nitrogens with one attached hydrogen (secondary N) is 1. The first-order chi connectivity index (χ1) is 19.6. The zero-order chi connectivity index (χ0) is 27.1. The van der Waals surface area contributed by atoms with Crippen molar-refractivity contribution in [3.8, 4) is 44.5 Å². The quantitative estimate of drug-likeness (QED) is 0.242. The van der Waals surface area contributed by atoms with E-state index in [0.717, 1.165) is 11.4 Å². The Kier molecular flexibility index (Phi) is 5.86. The van der Waals surface area contributed by atoms with Gasteiger partial charge in [0.05, 0.1) is 0 Å². The van der Waals surface area contributed by atoms with Crippen molar-refractivity contribution in [1.29, 1.82) is 0 Å². The van der Waals surface area contributed by atoms with E-state index in [1.54, 1.807) is 0 Å². The number of benzene rings is 6. The molecule has 0 bridgehead atoms. The molecule has 0 unspecified atom stereocenters. The first-order valence-electron chi connectivity index (χ1n) is 14.0. The lowest BCUT2D eigenvalue weighted by Crippen LogP contribution is -2.17. The molecule has 1 heteroatoms. The van der Waals surface area contributed by atoms with Gasteiger partial charge in [-0.05, 0) is 86.0 Å². The van der Waals surface area contributed by atoms with Crippen LogP contribution in [0, 0.1) is 0 Å². The van der Waals surface area contributed by atoms with Gasteiger partial charge in [-0.2, -0.15) is 0 Å². The molecule has 6 aromatic carbocycles. The Morgan fingerprint density at radius 2 is 1.00 bits per heavy atom. The third-order valence-corrected chi connectivity index (χ3v) is 8.23. The van der Waals surface area contributed by atoms with Crippen molar-refractivity contribution in [2.75, 3.05) is 5.32 Å². The highest BCUT2D eigenvalue weighted by Gasteiger charge is 2.39. The molecule has 0 heterocycles. The van der Waals surface area contributed by atoms with Crippen LogP contribution in [0.1, 0.15) is 25.0 Å². The van der Waals surface area contributed by atoms with Crippen LogP contribution in [0.25, 0.3) is 44.5 Å². The maximum Gasteiger partial charge on any atom is 0.0431 e. The minimum absolute atomic E-state index is 0.174. The van der Waals surface area contributed by atoms with Crippen LogP contribution in [0.5, 0.6) is 0 Å². The highest BCUT2D eigenvalue weighted by Crippen LogP contribution is 2.55. The summed E-state index contributed by atoms with van der Waals surface area (Å²) in [6.07, 6.45) is 0. The van der Waals surface area contributed by atoms with E-state index < -0.39 is 0 Å². The maximum absolute atomic E-state index is 3.78. The van der Waals surface area contributed by atoms with Crippen LogP contribution in [-0.4, -0.2) is 0 Å². The van der Waals surface area contributed by atoms with Crippen molar-refractivity contribution in [2.45, 2.75) is 19.3 Å². The highest BCUT2D eigenvalue weighted by atomic mass is 14.9. The third-order valence-electron chi connectivity index (χ3n) is 8.23. The van der Waals surface area contributed by atoms with Gasteiger partial charge in [0.15, 0.2) is 0 Å². The number of hydrogen-bond donors (Lipinski definition) is 1. The minimum atomic E-state index is -0.174. The van der Waals surface area contributed by atoms with E-state index in [2.05, 4.69) is 165 Å². The van der Waals surface area contributed by atoms with Crippen LogP contribution in [0.15, 0.2) is 146 Å². The normalized spacial score (nSPS) is 12.9. The van der Waals surface area contributed by atoms with Gasteiger partial charge in [-0.25, -0.2) is 0 Å². The second-order valence-electron chi connectivity index (χ2n) is 11.1. The average Bonchev–Trinajstić information content (AvgIpc) is 3.25. The summed E-state index contributed by atoms with van der Waals surface area (Å²) >= 11 is 0. The Bertz CT molecular complexity index is 1800. The van der Waals surface area contributed by atoms with Gasteiger partial charge in [-0.3, -0.25) is 0 Å². The molecule has 0 radical (unpaired) electrons. The van der Waals surface area contributed by atoms with E-state index in [1.807, 2.05) is 0 Å². The number of rotatable bonds is 5. The average molecular weight is 514 g/mol. The monoisotopic (exact) mass is 513 g/mol. The zero-order valence-electron chi connectivity index (χ0n) is 22.9. The lowest BCUT2D eigenvalue weighted by Gasteiger charge is -2.25. The summed E-state index contributed by atoms with van der Waals surface area (Å²) in [5.41, 5.74) is 14.9. The maximum atomic E-state index is 3.78. The molecular formula is C39H31N. The van der Waals surface area contributed by atoms with Gasteiger partial charge >= 0.3 is 0 Å². The van der Waals surface area contributed by atoms with E-state index in [9.17, 15) is 0 Å². The second-order valence-corrected chi connectivity index (χ2v) is 11.1. The standard InChI is InChI=1S/C39H31N/c1-39(2)35-26-31(28-15-8-4-9-16-28)25-34(30-17-10-5-11-18-30)37(35)33-19-12-20-36(38(33)39)40-32-23-21-29(22-24-32)27-13-6-3-7-14-27/h3-26,40H,1-2H3. The Morgan fingerprint density at radius 1 is 0.450 bits per heavy atom. The first kappa shape index (κ1) is 24.2. The Hall–Kier alpha value is -4.88. The highest BCUT2D eigenvalue weighted by molar-refractivity contribution is 5.97. The lowest BCUT2D eigenvalue weighted by molar-refractivity contribution is 0.662. The van der Waals surface area contributed by atoms with Crippen molar-refractivity contribution in [3.05, 3.63) is 157 Å². The minimum Gasteiger partial charge on any atom is -0.355 e. The summed E-state index contributed by atoms with van der Waals surface area (Å²) in [6.45, 7) is 4.73. The van der Waals surface area contributed by atoms with Crippen LogP contribution in [0.2, 0.25) is 0 Å². The van der Waals surface area contributed by atoms with E-state index >= 15 is 0 Å². The van der Waals surface area contributed by atoms with Gasteiger partial charge in [0, 0.05) is 16.8 Å². The molecule has 1 aliphatic rings. The van der Waals surface area contributed by atoms with Crippen LogP contribution >= 0.6 is 0 Å². The van der Waals surface area contributed by atoms with Crippen molar-refractivity contribution in [1.82, 2.24) is 0 Å². The molecule has 0 amide bonds.